The van der Waals surface area contributed by atoms with Crippen molar-refractivity contribution < 1.29 is 17.7 Å². The van der Waals surface area contributed by atoms with E-state index in [0.29, 0.717) is 38.5 Å². The average molecular weight is 499 g/mol. The fraction of sp³-hybridized carbons (Fsp3) is 0.583. The van der Waals surface area contributed by atoms with Crippen molar-refractivity contribution in [2.24, 2.45) is 0 Å². The predicted octanol–water partition coefficient (Wildman–Crippen LogP) is 3.56. The zero-order chi connectivity index (χ0) is 24.9. The standard InChI is InChI=1S/C24H36F2N4O3S/c1-5-6-7-8-13-33-23-22(28-9-11-29(12-10-28)34(4,32)18(2)3)17-27-30(24(23)31)21-15-19(25)14-20(26)16-21/h14-18,34H,5-13H2,1-4H3. The number of hydrogen-bond acceptors (Lipinski definition) is 5. The second-order valence-corrected chi connectivity index (χ2v) is 12.6. The first-order valence-corrected chi connectivity index (χ1v) is 14.1. The van der Waals surface area contributed by atoms with Crippen LogP contribution >= 0.6 is 0 Å². The van der Waals surface area contributed by atoms with Gasteiger partial charge in [0.15, 0.2) is 0 Å². The third kappa shape index (κ3) is 6.02. The number of nitrogens with zero attached hydrogens (tertiary/aromatic N) is 4. The molecule has 1 fully saturated rings. The molecule has 1 aromatic carbocycles. The zero-order valence-corrected chi connectivity index (χ0v) is 21.4. The molecule has 0 unspecified atom stereocenters. The summed E-state index contributed by atoms with van der Waals surface area (Å²) < 4.78 is 49.6. The van der Waals surface area contributed by atoms with E-state index in [-0.39, 0.29) is 16.7 Å². The van der Waals surface area contributed by atoms with Gasteiger partial charge in [0.05, 0.1) is 18.5 Å². The molecular weight excluding hydrogens is 462 g/mol. The number of rotatable bonds is 10. The minimum Gasteiger partial charge on any atom is -0.486 e. The first kappa shape index (κ1) is 26.3. The van der Waals surface area contributed by atoms with Crippen molar-refractivity contribution in [3.8, 4) is 11.4 Å². The number of halogens is 2. The van der Waals surface area contributed by atoms with Gasteiger partial charge in [-0.25, -0.2) is 13.1 Å². The van der Waals surface area contributed by atoms with Gasteiger partial charge in [0.2, 0.25) is 5.75 Å². The number of unbranched alkanes of at least 4 members (excludes halogenated alkanes) is 3. The Morgan fingerprint density at radius 1 is 1.06 bits per heavy atom. The predicted molar refractivity (Wildman–Crippen MR) is 134 cm³/mol. The Bertz CT molecular complexity index is 1060. The summed E-state index contributed by atoms with van der Waals surface area (Å²) in [6, 6.07) is 2.87. The number of anilines is 1. The van der Waals surface area contributed by atoms with E-state index >= 15 is 0 Å². The summed E-state index contributed by atoms with van der Waals surface area (Å²) in [5.74, 6) is -1.46. The minimum absolute atomic E-state index is 0.00134. The number of aromatic nitrogens is 2. The Labute approximate surface area is 201 Å². The van der Waals surface area contributed by atoms with Crippen molar-refractivity contribution in [1.29, 1.82) is 0 Å². The number of hydrogen-bond donors (Lipinski definition) is 1. The summed E-state index contributed by atoms with van der Waals surface area (Å²) in [7, 11) is -2.44. The largest absolute Gasteiger partial charge is 0.486 e. The molecule has 0 saturated carbocycles. The zero-order valence-electron chi connectivity index (χ0n) is 20.5. The van der Waals surface area contributed by atoms with Gasteiger partial charge in [0.25, 0.3) is 0 Å². The van der Waals surface area contributed by atoms with Crippen molar-refractivity contribution in [2.45, 2.75) is 51.7 Å². The van der Waals surface area contributed by atoms with Crippen molar-refractivity contribution in [3.05, 3.63) is 46.4 Å². The van der Waals surface area contributed by atoms with Crippen LogP contribution in [0.25, 0.3) is 5.69 Å². The van der Waals surface area contributed by atoms with Crippen molar-refractivity contribution in [3.63, 3.8) is 0 Å². The number of thiol groups is 1. The normalized spacial score (nSPS) is 15.7. The molecule has 2 aromatic rings. The van der Waals surface area contributed by atoms with Crippen LogP contribution in [0.5, 0.6) is 5.75 Å². The van der Waals surface area contributed by atoms with Gasteiger partial charge in [-0.1, -0.05) is 50.2 Å². The Morgan fingerprint density at radius 2 is 1.71 bits per heavy atom. The van der Waals surface area contributed by atoms with Crippen LogP contribution in [-0.4, -0.2) is 62.6 Å². The lowest BCUT2D eigenvalue weighted by atomic mass is 10.2. The number of piperazine rings is 1. The summed E-state index contributed by atoms with van der Waals surface area (Å²) >= 11 is 0. The monoisotopic (exact) mass is 498 g/mol. The molecule has 2 heterocycles. The van der Waals surface area contributed by atoms with E-state index in [1.54, 1.807) is 0 Å². The van der Waals surface area contributed by atoms with Crippen LogP contribution in [0.4, 0.5) is 14.5 Å². The number of ether oxygens (including phenoxy) is 1. The van der Waals surface area contributed by atoms with Crippen LogP contribution in [0.1, 0.15) is 46.5 Å². The molecule has 1 saturated heterocycles. The van der Waals surface area contributed by atoms with Crippen LogP contribution in [0.2, 0.25) is 0 Å². The summed E-state index contributed by atoms with van der Waals surface area (Å²) in [5, 5.41) is 4.27. The van der Waals surface area contributed by atoms with Crippen LogP contribution in [0.15, 0.2) is 29.2 Å². The lowest BCUT2D eigenvalue weighted by Crippen LogP contribution is -2.53. The molecular formula is C24H36F2N4O3S. The fourth-order valence-electron chi connectivity index (χ4n) is 4.00. The van der Waals surface area contributed by atoms with E-state index in [9.17, 15) is 17.8 Å². The second kappa shape index (κ2) is 11.4. The molecule has 0 radical (unpaired) electrons. The molecule has 1 aliphatic heterocycles. The maximum atomic E-state index is 13.8. The first-order chi connectivity index (χ1) is 16.1. The van der Waals surface area contributed by atoms with E-state index in [2.05, 4.69) is 12.0 Å². The third-order valence-corrected chi connectivity index (χ3v) is 9.81. The van der Waals surface area contributed by atoms with Gasteiger partial charge in [-0.2, -0.15) is 9.78 Å². The summed E-state index contributed by atoms with van der Waals surface area (Å²) in [5.41, 5.74) is -0.0222. The first-order valence-electron chi connectivity index (χ1n) is 11.9. The highest BCUT2D eigenvalue weighted by Gasteiger charge is 2.29. The smallest absolute Gasteiger partial charge is 0.316 e. The van der Waals surface area contributed by atoms with Gasteiger partial charge in [-0.15, -0.1) is 0 Å². The summed E-state index contributed by atoms with van der Waals surface area (Å²) in [6.45, 7) is 8.74. The molecule has 34 heavy (non-hydrogen) atoms. The van der Waals surface area contributed by atoms with Crippen molar-refractivity contribution in [1.82, 2.24) is 14.1 Å². The maximum absolute atomic E-state index is 13.8. The Balaban J connectivity index is 1.89. The van der Waals surface area contributed by atoms with Gasteiger partial charge in [-0.05, 0) is 18.6 Å². The highest BCUT2D eigenvalue weighted by molar-refractivity contribution is 8.00. The van der Waals surface area contributed by atoms with E-state index < -0.39 is 27.3 Å². The summed E-state index contributed by atoms with van der Waals surface area (Å²) in [4.78, 5) is 15.3. The van der Waals surface area contributed by atoms with Crippen molar-refractivity contribution in [2.75, 3.05) is 43.9 Å². The Hall–Kier alpha value is -2.33. The maximum Gasteiger partial charge on any atom is 0.316 e. The molecule has 0 amide bonds. The fourth-order valence-corrected chi connectivity index (χ4v) is 5.63. The van der Waals surface area contributed by atoms with E-state index in [1.165, 1.54) is 6.20 Å². The highest BCUT2D eigenvalue weighted by Crippen LogP contribution is 2.27. The lowest BCUT2D eigenvalue weighted by Gasteiger charge is -2.43. The Kier molecular flexibility index (Phi) is 8.81. The molecule has 0 bridgehead atoms. The average Bonchev–Trinajstić information content (AvgIpc) is 2.79. The van der Waals surface area contributed by atoms with E-state index in [1.807, 2.05) is 29.3 Å². The molecule has 1 aliphatic rings. The summed E-state index contributed by atoms with van der Waals surface area (Å²) in [6.07, 6.45) is 7.27. The van der Waals surface area contributed by atoms with Gasteiger partial charge in [0, 0.05) is 43.8 Å². The molecule has 1 aromatic heterocycles. The third-order valence-electron chi connectivity index (χ3n) is 6.37. The minimum atomic E-state index is -2.44. The van der Waals surface area contributed by atoms with Gasteiger partial charge >= 0.3 is 5.56 Å². The highest BCUT2D eigenvalue weighted by atomic mass is 32.3. The van der Waals surface area contributed by atoms with E-state index in [4.69, 9.17) is 4.74 Å². The lowest BCUT2D eigenvalue weighted by molar-refractivity contribution is 0.297. The van der Waals surface area contributed by atoms with Gasteiger partial charge < -0.3 is 9.64 Å². The molecule has 0 N–H and O–H groups in total. The molecule has 10 heteroatoms. The Morgan fingerprint density at radius 3 is 2.29 bits per heavy atom. The van der Waals surface area contributed by atoms with Crippen LogP contribution in [-0.2, 0) is 10.1 Å². The van der Waals surface area contributed by atoms with Crippen molar-refractivity contribution >= 4 is 15.8 Å². The van der Waals surface area contributed by atoms with Gasteiger partial charge in [-0.3, -0.25) is 9.00 Å². The van der Waals surface area contributed by atoms with Crippen LogP contribution < -0.4 is 15.2 Å². The second-order valence-electron chi connectivity index (χ2n) is 9.09. The molecule has 3 rings (SSSR count). The van der Waals surface area contributed by atoms with Gasteiger partial charge in [0.1, 0.15) is 17.3 Å². The molecule has 0 aliphatic carbocycles. The quantitative estimate of drug-likeness (QED) is 0.401. The van der Waals surface area contributed by atoms with E-state index in [0.717, 1.165) is 48.6 Å². The van der Waals surface area contributed by atoms with Crippen LogP contribution in [0, 0.1) is 11.6 Å². The molecule has 7 nitrogen and oxygen atoms in total. The topological polar surface area (TPSA) is 67.7 Å². The molecule has 0 spiro atoms. The molecule has 190 valence electrons. The van der Waals surface area contributed by atoms with Crippen LogP contribution in [0.3, 0.4) is 0 Å². The SMILES string of the molecule is CCCCCCOc1c(N2CCN([SH](C)(=O)C(C)C)CC2)cnn(-c2cc(F)cc(F)c2)c1=O. The number of benzene rings is 1. The molecule has 0 atom stereocenters.